The zero-order valence-corrected chi connectivity index (χ0v) is 9.15. The number of nitrogens with zero attached hydrogens (tertiary/aromatic N) is 2. The van der Waals surface area contributed by atoms with Gasteiger partial charge in [0.15, 0.2) is 0 Å². The number of halogens is 1. The summed E-state index contributed by atoms with van der Waals surface area (Å²) in [6.07, 6.45) is 0. The Bertz CT molecular complexity index is 678. The van der Waals surface area contributed by atoms with Crippen molar-refractivity contribution in [3.63, 3.8) is 0 Å². The summed E-state index contributed by atoms with van der Waals surface area (Å²) in [4.78, 5) is 4.27. The Kier molecular flexibility index (Phi) is 1.97. The SMILES string of the molecule is COc1onc2c1c(Cl)nc1ccccc12. The van der Waals surface area contributed by atoms with Gasteiger partial charge in [0.1, 0.15) is 16.1 Å². The van der Waals surface area contributed by atoms with Crippen LogP contribution in [0.2, 0.25) is 5.15 Å². The van der Waals surface area contributed by atoms with Gasteiger partial charge in [0.05, 0.1) is 12.6 Å². The van der Waals surface area contributed by atoms with Crippen LogP contribution in [0.25, 0.3) is 21.8 Å². The monoisotopic (exact) mass is 234 g/mol. The summed E-state index contributed by atoms with van der Waals surface area (Å²) in [5.74, 6) is 0.290. The Labute approximate surface area is 95.8 Å². The number of rotatable bonds is 1. The van der Waals surface area contributed by atoms with E-state index >= 15 is 0 Å². The van der Waals surface area contributed by atoms with Gasteiger partial charge in [-0.3, -0.25) is 0 Å². The molecule has 5 heteroatoms. The predicted octanol–water partition coefficient (Wildman–Crippen LogP) is 3.04. The van der Waals surface area contributed by atoms with Gasteiger partial charge in [0.25, 0.3) is 0 Å². The number of methoxy groups -OCH3 is 1. The van der Waals surface area contributed by atoms with Crippen LogP contribution < -0.4 is 4.74 Å². The van der Waals surface area contributed by atoms with Crippen LogP contribution in [0.5, 0.6) is 5.95 Å². The Hall–Kier alpha value is -1.81. The van der Waals surface area contributed by atoms with Crippen LogP contribution in [0.15, 0.2) is 28.8 Å². The molecule has 0 atom stereocenters. The highest BCUT2D eigenvalue weighted by Crippen LogP contribution is 2.34. The van der Waals surface area contributed by atoms with Gasteiger partial charge in [-0.15, -0.1) is 0 Å². The fourth-order valence-electron chi connectivity index (χ4n) is 1.71. The lowest BCUT2D eigenvalue weighted by molar-refractivity contribution is 0.266. The first-order chi connectivity index (χ1) is 7.81. The van der Waals surface area contributed by atoms with Crippen molar-refractivity contribution in [1.82, 2.24) is 10.1 Å². The molecular weight excluding hydrogens is 228 g/mol. The zero-order valence-electron chi connectivity index (χ0n) is 8.40. The molecule has 0 unspecified atom stereocenters. The van der Waals surface area contributed by atoms with Crippen LogP contribution in [0, 0.1) is 0 Å². The van der Waals surface area contributed by atoms with Gasteiger partial charge < -0.3 is 9.26 Å². The van der Waals surface area contributed by atoms with E-state index in [4.69, 9.17) is 20.9 Å². The van der Waals surface area contributed by atoms with Gasteiger partial charge in [-0.1, -0.05) is 35.0 Å². The van der Waals surface area contributed by atoms with Gasteiger partial charge in [0.2, 0.25) is 0 Å². The molecule has 0 aliphatic rings. The number of ether oxygens (including phenoxy) is 1. The highest BCUT2D eigenvalue weighted by Gasteiger charge is 2.16. The average Bonchev–Trinajstić information content (AvgIpc) is 2.74. The molecule has 0 aliphatic carbocycles. The Balaban J connectivity index is 2.56. The lowest BCUT2D eigenvalue weighted by Gasteiger charge is -1.99. The van der Waals surface area contributed by atoms with Crippen LogP contribution in [0.3, 0.4) is 0 Å². The Morgan fingerprint density at radius 2 is 2.12 bits per heavy atom. The molecule has 80 valence electrons. The molecule has 0 N–H and O–H groups in total. The second-order valence-electron chi connectivity index (χ2n) is 3.32. The minimum Gasteiger partial charge on any atom is -0.467 e. The molecule has 0 spiro atoms. The minimum absolute atomic E-state index is 0.290. The van der Waals surface area contributed by atoms with E-state index in [9.17, 15) is 0 Å². The van der Waals surface area contributed by atoms with Gasteiger partial charge in [-0.25, -0.2) is 4.98 Å². The molecular formula is C11H7ClN2O2. The lowest BCUT2D eigenvalue weighted by atomic mass is 10.2. The third kappa shape index (κ3) is 1.17. The van der Waals surface area contributed by atoms with Crippen molar-refractivity contribution in [3.8, 4) is 5.95 Å². The largest absolute Gasteiger partial charge is 0.467 e. The van der Waals surface area contributed by atoms with Gasteiger partial charge >= 0.3 is 5.95 Å². The number of para-hydroxylation sites is 1. The normalized spacial score (nSPS) is 11.1. The summed E-state index contributed by atoms with van der Waals surface area (Å²) in [6.45, 7) is 0. The van der Waals surface area contributed by atoms with Crippen LogP contribution in [-0.4, -0.2) is 17.3 Å². The smallest absolute Gasteiger partial charge is 0.322 e. The van der Waals surface area contributed by atoms with Crippen molar-refractivity contribution in [3.05, 3.63) is 29.4 Å². The van der Waals surface area contributed by atoms with Gasteiger partial charge in [-0.2, -0.15) is 0 Å². The second kappa shape index (κ2) is 3.35. The van der Waals surface area contributed by atoms with Crippen molar-refractivity contribution in [2.24, 2.45) is 0 Å². The van der Waals surface area contributed by atoms with E-state index in [1.165, 1.54) is 7.11 Å². The maximum atomic E-state index is 6.07. The minimum atomic E-state index is 0.290. The first kappa shape index (κ1) is 9.42. The zero-order chi connectivity index (χ0) is 11.1. The summed E-state index contributed by atoms with van der Waals surface area (Å²) in [5, 5.41) is 5.80. The molecule has 3 aromatic rings. The molecule has 0 bridgehead atoms. The van der Waals surface area contributed by atoms with E-state index in [1.807, 2.05) is 24.3 Å². The van der Waals surface area contributed by atoms with E-state index in [0.29, 0.717) is 22.0 Å². The second-order valence-corrected chi connectivity index (χ2v) is 3.68. The molecule has 3 rings (SSSR count). The van der Waals surface area contributed by atoms with Crippen molar-refractivity contribution in [2.45, 2.75) is 0 Å². The van der Waals surface area contributed by atoms with Gasteiger partial charge in [0, 0.05) is 5.39 Å². The maximum absolute atomic E-state index is 6.07. The summed E-state index contributed by atoms with van der Waals surface area (Å²) in [6, 6.07) is 7.61. The third-order valence-corrected chi connectivity index (χ3v) is 2.70. The number of hydrogen-bond acceptors (Lipinski definition) is 4. The molecule has 2 aromatic heterocycles. The first-order valence-electron chi connectivity index (χ1n) is 4.69. The number of pyridine rings is 1. The maximum Gasteiger partial charge on any atom is 0.322 e. The highest BCUT2D eigenvalue weighted by atomic mass is 35.5. The Morgan fingerprint density at radius 3 is 2.94 bits per heavy atom. The molecule has 0 radical (unpaired) electrons. The number of fused-ring (bicyclic) bond motifs is 3. The third-order valence-electron chi connectivity index (χ3n) is 2.43. The van der Waals surface area contributed by atoms with E-state index in [0.717, 1.165) is 10.9 Å². The number of hydrogen-bond donors (Lipinski definition) is 0. The standard InChI is InChI=1S/C11H7ClN2O2/c1-15-11-8-9(14-16-11)6-4-2-3-5-7(6)13-10(8)12/h2-5H,1H3. The fraction of sp³-hybridized carbons (Fsp3) is 0.0909. The molecule has 0 amide bonds. The number of benzene rings is 1. The molecule has 1 aromatic carbocycles. The summed E-state index contributed by atoms with van der Waals surface area (Å²) < 4.78 is 10.1. The van der Waals surface area contributed by atoms with Crippen molar-refractivity contribution in [1.29, 1.82) is 0 Å². The predicted molar refractivity (Wildman–Crippen MR) is 60.9 cm³/mol. The molecule has 0 aliphatic heterocycles. The quantitative estimate of drug-likeness (QED) is 0.607. The molecule has 4 nitrogen and oxygen atoms in total. The van der Waals surface area contributed by atoms with Crippen LogP contribution in [-0.2, 0) is 0 Å². The molecule has 16 heavy (non-hydrogen) atoms. The molecule has 2 heterocycles. The first-order valence-corrected chi connectivity index (χ1v) is 5.06. The summed E-state index contributed by atoms with van der Waals surface area (Å²) >= 11 is 6.07. The fourth-order valence-corrected chi connectivity index (χ4v) is 1.97. The van der Waals surface area contributed by atoms with E-state index in [2.05, 4.69) is 10.1 Å². The van der Waals surface area contributed by atoms with Crippen molar-refractivity contribution in [2.75, 3.05) is 7.11 Å². The van der Waals surface area contributed by atoms with Crippen LogP contribution >= 0.6 is 11.6 Å². The topological polar surface area (TPSA) is 48.2 Å². The molecule has 0 saturated heterocycles. The van der Waals surface area contributed by atoms with Gasteiger partial charge in [-0.05, 0) is 6.07 Å². The summed E-state index contributed by atoms with van der Waals surface area (Å²) in [5.41, 5.74) is 1.46. The average molecular weight is 235 g/mol. The Morgan fingerprint density at radius 1 is 1.31 bits per heavy atom. The van der Waals surface area contributed by atoms with Crippen molar-refractivity contribution < 1.29 is 9.26 Å². The number of aromatic nitrogens is 2. The van der Waals surface area contributed by atoms with Crippen molar-refractivity contribution >= 4 is 33.4 Å². The van der Waals surface area contributed by atoms with E-state index < -0.39 is 0 Å². The van der Waals surface area contributed by atoms with E-state index in [1.54, 1.807) is 0 Å². The van der Waals surface area contributed by atoms with Crippen LogP contribution in [0.1, 0.15) is 0 Å². The molecule has 0 fully saturated rings. The van der Waals surface area contributed by atoms with Crippen LogP contribution in [0.4, 0.5) is 0 Å². The highest BCUT2D eigenvalue weighted by molar-refractivity contribution is 6.36. The summed E-state index contributed by atoms with van der Waals surface area (Å²) in [7, 11) is 1.51. The van der Waals surface area contributed by atoms with E-state index in [-0.39, 0.29) is 0 Å². The lowest BCUT2D eigenvalue weighted by Crippen LogP contribution is -1.84. The molecule has 0 saturated carbocycles.